The Morgan fingerprint density at radius 2 is 1.95 bits per heavy atom. The van der Waals surface area contributed by atoms with E-state index in [1.807, 2.05) is 25.1 Å². The lowest BCUT2D eigenvalue weighted by Gasteiger charge is -2.13. The minimum Gasteiger partial charge on any atom is -0.381 e. The predicted octanol–water partition coefficient (Wildman–Crippen LogP) is 2.25. The summed E-state index contributed by atoms with van der Waals surface area (Å²) in [6.45, 7) is 2.55. The number of rotatable bonds is 5. The standard InChI is InChI=1S/C15H19N3O2S/c1-12-13(6-5-9-16-12)11-17-14-7-4-8-15(10-14)21(19,20)18(2)3/h4-10,17H,11H2,1-3H3. The molecule has 0 atom stereocenters. The Labute approximate surface area is 125 Å². The van der Waals surface area contributed by atoms with Gasteiger partial charge >= 0.3 is 0 Å². The summed E-state index contributed by atoms with van der Waals surface area (Å²) in [5.74, 6) is 0. The van der Waals surface area contributed by atoms with Crippen molar-refractivity contribution in [3.8, 4) is 0 Å². The number of aryl methyl sites for hydroxylation is 1. The van der Waals surface area contributed by atoms with Gasteiger partial charge in [-0.25, -0.2) is 12.7 Å². The minimum atomic E-state index is -3.41. The fraction of sp³-hybridized carbons (Fsp3) is 0.267. The monoisotopic (exact) mass is 305 g/mol. The number of anilines is 1. The highest BCUT2D eigenvalue weighted by molar-refractivity contribution is 7.89. The van der Waals surface area contributed by atoms with Crippen molar-refractivity contribution in [2.24, 2.45) is 0 Å². The van der Waals surface area contributed by atoms with Gasteiger partial charge in [-0.1, -0.05) is 12.1 Å². The van der Waals surface area contributed by atoms with Gasteiger partial charge in [0, 0.05) is 38.2 Å². The van der Waals surface area contributed by atoms with Crippen molar-refractivity contribution < 1.29 is 8.42 Å². The van der Waals surface area contributed by atoms with Crippen LogP contribution in [0.1, 0.15) is 11.3 Å². The molecule has 0 saturated heterocycles. The van der Waals surface area contributed by atoms with E-state index in [2.05, 4.69) is 10.3 Å². The number of aromatic nitrogens is 1. The van der Waals surface area contributed by atoms with Crippen LogP contribution in [0.25, 0.3) is 0 Å². The van der Waals surface area contributed by atoms with Gasteiger partial charge < -0.3 is 5.32 Å². The zero-order valence-electron chi connectivity index (χ0n) is 12.4. The van der Waals surface area contributed by atoms with Crippen LogP contribution in [0.3, 0.4) is 0 Å². The van der Waals surface area contributed by atoms with Gasteiger partial charge in [0.25, 0.3) is 0 Å². The minimum absolute atomic E-state index is 0.278. The van der Waals surface area contributed by atoms with Crippen molar-refractivity contribution >= 4 is 15.7 Å². The molecule has 0 bridgehead atoms. The maximum Gasteiger partial charge on any atom is 0.242 e. The van der Waals surface area contributed by atoms with Crippen LogP contribution in [-0.2, 0) is 16.6 Å². The topological polar surface area (TPSA) is 62.3 Å². The molecule has 112 valence electrons. The highest BCUT2D eigenvalue weighted by atomic mass is 32.2. The van der Waals surface area contributed by atoms with Crippen molar-refractivity contribution in [1.29, 1.82) is 0 Å². The molecule has 0 radical (unpaired) electrons. The lowest BCUT2D eigenvalue weighted by molar-refractivity contribution is 0.521. The second kappa shape index (κ2) is 6.24. The van der Waals surface area contributed by atoms with E-state index in [-0.39, 0.29) is 4.90 Å². The molecule has 21 heavy (non-hydrogen) atoms. The Balaban J connectivity index is 2.18. The molecule has 0 unspecified atom stereocenters. The summed E-state index contributed by atoms with van der Waals surface area (Å²) in [6.07, 6.45) is 1.75. The van der Waals surface area contributed by atoms with Gasteiger partial charge in [-0.05, 0) is 36.8 Å². The smallest absolute Gasteiger partial charge is 0.242 e. The van der Waals surface area contributed by atoms with E-state index >= 15 is 0 Å². The van der Waals surface area contributed by atoms with Gasteiger partial charge in [-0.2, -0.15) is 0 Å². The highest BCUT2D eigenvalue weighted by Gasteiger charge is 2.17. The molecule has 0 aliphatic heterocycles. The van der Waals surface area contributed by atoms with E-state index in [1.165, 1.54) is 18.4 Å². The Kier molecular flexibility index (Phi) is 4.59. The van der Waals surface area contributed by atoms with Crippen LogP contribution >= 0.6 is 0 Å². The summed E-state index contributed by atoms with van der Waals surface area (Å²) >= 11 is 0. The normalized spacial score (nSPS) is 11.6. The molecule has 1 N–H and O–H groups in total. The van der Waals surface area contributed by atoms with Crippen molar-refractivity contribution in [1.82, 2.24) is 9.29 Å². The van der Waals surface area contributed by atoms with Crippen LogP contribution < -0.4 is 5.32 Å². The van der Waals surface area contributed by atoms with Gasteiger partial charge in [0.1, 0.15) is 0 Å². The maximum atomic E-state index is 12.1. The number of sulfonamides is 1. The van der Waals surface area contributed by atoms with Crippen LogP contribution in [0.15, 0.2) is 47.5 Å². The lowest BCUT2D eigenvalue weighted by atomic mass is 10.2. The van der Waals surface area contributed by atoms with Crippen molar-refractivity contribution in [2.75, 3.05) is 19.4 Å². The zero-order chi connectivity index (χ0) is 15.5. The van der Waals surface area contributed by atoms with Crippen LogP contribution in [0.4, 0.5) is 5.69 Å². The summed E-state index contributed by atoms with van der Waals surface area (Å²) in [4.78, 5) is 4.51. The molecular formula is C15H19N3O2S. The van der Waals surface area contributed by atoms with E-state index in [1.54, 1.807) is 24.4 Å². The van der Waals surface area contributed by atoms with E-state index in [4.69, 9.17) is 0 Å². The molecule has 2 aromatic rings. The maximum absolute atomic E-state index is 12.1. The Bertz CT molecular complexity index is 727. The summed E-state index contributed by atoms with van der Waals surface area (Å²) < 4.78 is 25.4. The highest BCUT2D eigenvalue weighted by Crippen LogP contribution is 2.18. The van der Waals surface area contributed by atoms with E-state index in [9.17, 15) is 8.42 Å². The molecule has 1 aromatic heterocycles. The van der Waals surface area contributed by atoms with Gasteiger partial charge in [0.05, 0.1) is 4.90 Å². The molecular weight excluding hydrogens is 286 g/mol. The fourth-order valence-electron chi connectivity index (χ4n) is 1.88. The first-order valence-corrected chi connectivity index (χ1v) is 8.02. The third kappa shape index (κ3) is 3.59. The predicted molar refractivity (Wildman–Crippen MR) is 83.6 cm³/mol. The van der Waals surface area contributed by atoms with Crippen LogP contribution in [0.5, 0.6) is 0 Å². The van der Waals surface area contributed by atoms with Gasteiger partial charge in [-0.15, -0.1) is 0 Å². The van der Waals surface area contributed by atoms with Gasteiger partial charge in [-0.3, -0.25) is 4.98 Å². The number of hydrogen-bond acceptors (Lipinski definition) is 4. The van der Waals surface area contributed by atoms with Crippen molar-refractivity contribution in [2.45, 2.75) is 18.4 Å². The summed E-state index contributed by atoms with van der Waals surface area (Å²) in [7, 11) is -0.365. The third-order valence-electron chi connectivity index (χ3n) is 3.21. The number of benzene rings is 1. The Hall–Kier alpha value is -1.92. The van der Waals surface area contributed by atoms with Gasteiger partial charge in [0.2, 0.25) is 10.0 Å². The van der Waals surface area contributed by atoms with Crippen LogP contribution in [0, 0.1) is 6.92 Å². The molecule has 0 aliphatic rings. The molecule has 2 rings (SSSR count). The number of hydrogen-bond donors (Lipinski definition) is 1. The second-order valence-corrected chi connectivity index (χ2v) is 7.07. The summed E-state index contributed by atoms with van der Waals surface area (Å²) in [6, 6.07) is 10.7. The molecule has 0 amide bonds. The largest absolute Gasteiger partial charge is 0.381 e. The summed E-state index contributed by atoms with van der Waals surface area (Å²) in [5.41, 5.74) is 2.81. The molecule has 0 saturated carbocycles. The average molecular weight is 305 g/mol. The first kappa shape index (κ1) is 15.5. The van der Waals surface area contributed by atoms with Crippen LogP contribution in [-0.4, -0.2) is 31.8 Å². The number of nitrogens with zero attached hydrogens (tertiary/aromatic N) is 2. The molecule has 1 heterocycles. The zero-order valence-corrected chi connectivity index (χ0v) is 13.2. The molecule has 5 nitrogen and oxygen atoms in total. The third-order valence-corrected chi connectivity index (χ3v) is 5.02. The van der Waals surface area contributed by atoms with Crippen LogP contribution in [0.2, 0.25) is 0 Å². The Morgan fingerprint density at radius 3 is 2.62 bits per heavy atom. The van der Waals surface area contributed by atoms with Crippen molar-refractivity contribution in [3.05, 3.63) is 53.9 Å². The number of nitrogens with one attached hydrogen (secondary N) is 1. The first-order chi connectivity index (χ1) is 9.91. The SMILES string of the molecule is Cc1ncccc1CNc1cccc(S(=O)(=O)N(C)C)c1. The average Bonchev–Trinajstić information content (AvgIpc) is 2.46. The van der Waals surface area contributed by atoms with E-state index in [0.717, 1.165) is 16.9 Å². The molecule has 6 heteroatoms. The van der Waals surface area contributed by atoms with E-state index in [0.29, 0.717) is 6.54 Å². The fourth-order valence-corrected chi connectivity index (χ4v) is 2.83. The second-order valence-electron chi connectivity index (χ2n) is 4.92. The van der Waals surface area contributed by atoms with Crippen molar-refractivity contribution in [3.63, 3.8) is 0 Å². The molecule has 1 aromatic carbocycles. The molecule has 0 fully saturated rings. The number of pyridine rings is 1. The first-order valence-electron chi connectivity index (χ1n) is 6.58. The van der Waals surface area contributed by atoms with Gasteiger partial charge in [0.15, 0.2) is 0 Å². The quantitative estimate of drug-likeness (QED) is 0.920. The summed E-state index contributed by atoms with van der Waals surface area (Å²) in [5, 5.41) is 3.23. The Morgan fingerprint density at radius 1 is 1.19 bits per heavy atom. The molecule has 0 aliphatic carbocycles. The van der Waals surface area contributed by atoms with E-state index < -0.39 is 10.0 Å². The molecule has 0 spiro atoms. The lowest BCUT2D eigenvalue weighted by Crippen LogP contribution is -2.22.